The summed E-state index contributed by atoms with van der Waals surface area (Å²) in [7, 11) is 0. The van der Waals surface area contributed by atoms with E-state index in [2.05, 4.69) is 18.9 Å². The van der Waals surface area contributed by atoms with Crippen molar-refractivity contribution in [2.45, 2.75) is 52.5 Å². The van der Waals surface area contributed by atoms with Gasteiger partial charge in [0.05, 0.1) is 24.3 Å². The third kappa shape index (κ3) is 3.13. The number of piperidine rings is 1. The van der Waals surface area contributed by atoms with Crippen LogP contribution in [0, 0.1) is 11.3 Å². The van der Waals surface area contributed by atoms with Crippen LogP contribution in [0.1, 0.15) is 62.1 Å². The second-order valence-corrected chi connectivity index (χ2v) is 8.83. The maximum Gasteiger partial charge on any atom is 0.272 e. The summed E-state index contributed by atoms with van der Waals surface area (Å²) in [5.74, 6) is 0.546. The zero-order valence-electron chi connectivity index (χ0n) is 17.3. The van der Waals surface area contributed by atoms with Crippen LogP contribution in [-0.4, -0.2) is 70.8 Å². The first-order valence-electron chi connectivity index (χ1n) is 10.7. The van der Waals surface area contributed by atoms with Gasteiger partial charge < -0.3 is 14.5 Å². The average molecular weight is 389 g/mol. The van der Waals surface area contributed by atoms with Gasteiger partial charge in [-0.2, -0.15) is 5.10 Å². The predicted octanol–water partition coefficient (Wildman–Crippen LogP) is 2.13. The van der Waals surface area contributed by atoms with E-state index >= 15 is 0 Å². The minimum absolute atomic E-state index is 0.0125. The monoisotopic (exact) mass is 388 g/mol. The summed E-state index contributed by atoms with van der Waals surface area (Å²) >= 11 is 0. The molecule has 3 aliphatic rings. The van der Waals surface area contributed by atoms with Gasteiger partial charge in [-0.05, 0) is 38.2 Å². The number of fused-ring (bicyclic) bond motifs is 1. The molecule has 0 aromatic carbocycles. The number of carbonyl (C=O) groups excluding carboxylic acids is 2. The number of aromatic nitrogens is 2. The minimum atomic E-state index is -0.565. The standard InChI is InChI=1S/C21H32N4O3/c1-4-25-18(10-17(22-25)15(2)3)19(26)24-11-16-12-28-14-21(16,13-24)20(27)23-8-6-5-7-9-23/h10,15-16H,4-9,11-14H2,1-3H3/t16-,21-/m1/s1. The molecule has 4 rings (SSSR count). The second kappa shape index (κ2) is 7.50. The number of hydrogen-bond acceptors (Lipinski definition) is 4. The zero-order valence-corrected chi connectivity index (χ0v) is 17.3. The quantitative estimate of drug-likeness (QED) is 0.792. The Labute approximate surface area is 167 Å². The molecule has 1 aromatic rings. The van der Waals surface area contributed by atoms with Crippen molar-refractivity contribution >= 4 is 11.8 Å². The summed E-state index contributed by atoms with van der Waals surface area (Å²) < 4.78 is 7.53. The molecule has 1 aromatic heterocycles. The van der Waals surface area contributed by atoms with Gasteiger partial charge in [-0.3, -0.25) is 14.3 Å². The highest BCUT2D eigenvalue weighted by molar-refractivity contribution is 5.94. The van der Waals surface area contributed by atoms with Crippen LogP contribution in [-0.2, 0) is 16.1 Å². The topological polar surface area (TPSA) is 67.7 Å². The lowest BCUT2D eigenvalue weighted by molar-refractivity contribution is -0.143. The number of nitrogens with zero attached hydrogens (tertiary/aromatic N) is 4. The van der Waals surface area contributed by atoms with Gasteiger partial charge in [-0.25, -0.2) is 0 Å². The molecule has 0 radical (unpaired) electrons. The van der Waals surface area contributed by atoms with Crippen LogP contribution < -0.4 is 0 Å². The molecule has 3 fully saturated rings. The van der Waals surface area contributed by atoms with E-state index < -0.39 is 5.41 Å². The molecule has 2 amide bonds. The lowest BCUT2D eigenvalue weighted by Crippen LogP contribution is -2.50. The largest absolute Gasteiger partial charge is 0.380 e. The molecule has 0 aliphatic carbocycles. The Kier molecular flexibility index (Phi) is 5.21. The molecule has 0 saturated carbocycles. The van der Waals surface area contributed by atoms with E-state index in [0.717, 1.165) is 31.6 Å². The number of amides is 2. The second-order valence-electron chi connectivity index (χ2n) is 8.83. The maximum absolute atomic E-state index is 13.4. The van der Waals surface area contributed by atoms with Crippen molar-refractivity contribution in [1.82, 2.24) is 19.6 Å². The van der Waals surface area contributed by atoms with E-state index in [1.807, 2.05) is 22.8 Å². The highest BCUT2D eigenvalue weighted by Gasteiger charge is 2.58. The molecular formula is C21H32N4O3. The first-order chi connectivity index (χ1) is 13.5. The van der Waals surface area contributed by atoms with Gasteiger partial charge in [0.25, 0.3) is 5.91 Å². The van der Waals surface area contributed by atoms with Crippen molar-refractivity contribution in [2.75, 3.05) is 39.4 Å². The van der Waals surface area contributed by atoms with Crippen LogP contribution in [0.15, 0.2) is 6.07 Å². The van der Waals surface area contributed by atoms with Gasteiger partial charge in [0.2, 0.25) is 5.91 Å². The lowest BCUT2D eigenvalue weighted by Gasteiger charge is -2.35. The minimum Gasteiger partial charge on any atom is -0.380 e. The van der Waals surface area contributed by atoms with Crippen LogP contribution in [0.3, 0.4) is 0 Å². The van der Waals surface area contributed by atoms with E-state index in [-0.39, 0.29) is 23.7 Å². The molecule has 0 spiro atoms. The molecular weight excluding hydrogens is 356 g/mol. The molecule has 28 heavy (non-hydrogen) atoms. The van der Waals surface area contributed by atoms with Crippen molar-refractivity contribution < 1.29 is 14.3 Å². The first-order valence-corrected chi connectivity index (χ1v) is 10.7. The van der Waals surface area contributed by atoms with Crippen LogP contribution in [0.2, 0.25) is 0 Å². The number of rotatable bonds is 4. The first kappa shape index (κ1) is 19.4. The Hall–Kier alpha value is -1.89. The molecule has 154 valence electrons. The van der Waals surface area contributed by atoms with Gasteiger partial charge in [0, 0.05) is 38.6 Å². The van der Waals surface area contributed by atoms with Gasteiger partial charge in [0.1, 0.15) is 5.69 Å². The van der Waals surface area contributed by atoms with Gasteiger partial charge in [-0.15, -0.1) is 0 Å². The molecule has 3 aliphatic heterocycles. The van der Waals surface area contributed by atoms with Crippen LogP contribution in [0.5, 0.6) is 0 Å². The summed E-state index contributed by atoms with van der Waals surface area (Å²) in [5, 5.41) is 4.59. The Morgan fingerprint density at radius 3 is 2.68 bits per heavy atom. The predicted molar refractivity (Wildman–Crippen MR) is 105 cm³/mol. The van der Waals surface area contributed by atoms with Crippen LogP contribution in [0.25, 0.3) is 0 Å². The number of likely N-dealkylation sites (tertiary alicyclic amines) is 2. The normalized spacial score (nSPS) is 27.5. The lowest BCUT2D eigenvalue weighted by atomic mass is 9.79. The number of ether oxygens (including phenoxy) is 1. The zero-order chi connectivity index (χ0) is 19.9. The summed E-state index contributed by atoms with van der Waals surface area (Å²) in [6.45, 7) is 10.5. The molecule has 0 N–H and O–H groups in total. The van der Waals surface area contributed by atoms with Crippen molar-refractivity contribution in [3.8, 4) is 0 Å². The molecule has 7 heteroatoms. The fourth-order valence-electron chi connectivity index (χ4n) is 4.90. The van der Waals surface area contributed by atoms with E-state index in [1.165, 1.54) is 6.42 Å². The Balaban J connectivity index is 1.56. The maximum atomic E-state index is 13.4. The molecule has 0 unspecified atom stereocenters. The van der Waals surface area contributed by atoms with Crippen molar-refractivity contribution in [2.24, 2.45) is 11.3 Å². The summed E-state index contributed by atoms with van der Waals surface area (Å²) in [4.78, 5) is 30.6. The van der Waals surface area contributed by atoms with Crippen LogP contribution in [0.4, 0.5) is 0 Å². The highest BCUT2D eigenvalue weighted by atomic mass is 16.5. The fraction of sp³-hybridized carbons (Fsp3) is 0.762. The van der Waals surface area contributed by atoms with Crippen molar-refractivity contribution in [3.63, 3.8) is 0 Å². The number of carbonyl (C=O) groups is 2. The smallest absolute Gasteiger partial charge is 0.272 e. The summed E-state index contributed by atoms with van der Waals surface area (Å²) in [6, 6.07) is 1.92. The SMILES string of the molecule is CCn1nc(C(C)C)cc1C(=O)N1C[C@@H]2COC[C@]2(C(=O)N2CCCCC2)C1. The Bertz CT molecular complexity index is 753. The number of hydrogen-bond donors (Lipinski definition) is 0. The van der Waals surface area contributed by atoms with Crippen molar-refractivity contribution in [1.29, 1.82) is 0 Å². The van der Waals surface area contributed by atoms with Gasteiger partial charge in [0.15, 0.2) is 0 Å². The third-order valence-electron chi connectivity index (χ3n) is 6.64. The van der Waals surface area contributed by atoms with E-state index in [9.17, 15) is 9.59 Å². The van der Waals surface area contributed by atoms with E-state index in [4.69, 9.17) is 4.74 Å². The molecule has 3 saturated heterocycles. The average Bonchev–Trinajstić information content (AvgIpc) is 3.39. The van der Waals surface area contributed by atoms with Gasteiger partial charge >= 0.3 is 0 Å². The summed E-state index contributed by atoms with van der Waals surface area (Å²) in [5.41, 5.74) is 1.00. The van der Waals surface area contributed by atoms with E-state index in [1.54, 1.807) is 4.68 Å². The van der Waals surface area contributed by atoms with E-state index in [0.29, 0.717) is 38.5 Å². The van der Waals surface area contributed by atoms with Crippen molar-refractivity contribution in [3.05, 3.63) is 17.5 Å². The molecule has 0 bridgehead atoms. The number of aryl methyl sites for hydroxylation is 1. The Morgan fingerprint density at radius 1 is 1.25 bits per heavy atom. The van der Waals surface area contributed by atoms with Gasteiger partial charge in [-0.1, -0.05) is 13.8 Å². The molecule has 4 heterocycles. The summed E-state index contributed by atoms with van der Waals surface area (Å²) in [6.07, 6.45) is 3.34. The third-order valence-corrected chi connectivity index (χ3v) is 6.64. The molecule has 2 atom stereocenters. The molecule has 7 nitrogen and oxygen atoms in total. The fourth-order valence-corrected chi connectivity index (χ4v) is 4.90. The highest BCUT2D eigenvalue weighted by Crippen LogP contribution is 2.43. The van der Waals surface area contributed by atoms with Crippen LogP contribution >= 0.6 is 0 Å². The Morgan fingerprint density at radius 2 is 2.00 bits per heavy atom.